The molecule has 0 aromatic heterocycles. The number of benzene rings is 1. The van der Waals surface area contributed by atoms with Crippen molar-refractivity contribution < 1.29 is 28.6 Å². The molecule has 1 aromatic rings. The summed E-state index contributed by atoms with van der Waals surface area (Å²) in [4.78, 5) is 36.3. The molecule has 2 N–H and O–H groups in total. The number of imide groups is 1. The predicted octanol–water partition coefficient (Wildman–Crippen LogP) is 2.05. The number of nitrogens with one attached hydrogen (secondary N) is 2. The van der Waals surface area contributed by atoms with Gasteiger partial charge in [0.25, 0.3) is 5.91 Å². The van der Waals surface area contributed by atoms with Gasteiger partial charge < -0.3 is 19.5 Å². The Labute approximate surface area is 163 Å². The van der Waals surface area contributed by atoms with Crippen LogP contribution in [0.25, 0.3) is 0 Å². The first kappa shape index (κ1) is 20.0. The molecule has 152 valence electrons. The van der Waals surface area contributed by atoms with Gasteiger partial charge in [-0.05, 0) is 37.0 Å². The highest BCUT2D eigenvalue weighted by Gasteiger charge is 2.45. The minimum absolute atomic E-state index is 0.453. The molecule has 2 aliphatic rings. The summed E-state index contributed by atoms with van der Waals surface area (Å²) >= 11 is 0. The van der Waals surface area contributed by atoms with Crippen molar-refractivity contribution >= 4 is 17.9 Å². The maximum atomic E-state index is 12.9. The third-order valence-corrected chi connectivity index (χ3v) is 5.07. The van der Waals surface area contributed by atoms with Crippen LogP contribution >= 0.6 is 0 Å². The van der Waals surface area contributed by atoms with Crippen molar-refractivity contribution in [3.63, 3.8) is 0 Å². The van der Waals surface area contributed by atoms with E-state index in [0.717, 1.165) is 24.8 Å². The van der Waals surface area contributed by atoms with E-state index in [1.165, 1.54) is 0 Å². The van der Waals surface area contributed by atoms with Gasteiger partial charge in [-0.1, -0.05) is 25.8 Å². The van der Waals surface area contributed by atoms with Gasteiger partial charge in [0.05, 0.1) is 5.41 Å². The molecule has 28 heavy (non-hydrogen) atoms. The van der Waals surface area contributed by atoms with Gasteiger partial charge in [-0.15, -0.1) is 0 Å². The summed E-state index contributed by atoms with van der Waals surface area (Å²) in [5.41, 5.74) is 0.000903. The molecule has 0 spiro atoms. The second-order valence-corrected chi connectivity index (χ2v) is 7.03. The second kappa shape index (κ2) is 8.95. The molecule has 0 atom stereocenters. The van der Waals surface area contributed by atoms with Crippen molar-refractivity contribution in [1.29, 1.82) is 0 Å². The molecule has 0 radical (unpaired) electrons. The van der Waals surface area contributed by atoms with Crippen LogP contribution in [0, 0.1) is 0 Å². The third kappa shape index (κ3) is 4.37. The summed E-state index contributed by atoms with van der Waals surface area (Å²) in [7, 11) is 0. The molecule has 3 amide bonds. The van der Waals surface area contributed by atoms with Crippen LogP contribution in [-0.4, -0.2) is 44.3 Å². The van der Waals surface area contributed by atoms with E-state index in [2.05, 4.69) is 10.6 Å². The van der Waals surface area contributed by atoms with E-state index in [9.17, 15) is 14.4 Å². The highest BCUT2D eigenvalue weighted by Crippen LogP contribution is 2.45. The number of rotatable bonds is 6. The molecule has 1 heterocycles. The van der Waals surface area contributed by atoms with Gasteiger partial charge in [0.1, 0.15) is 13.2 Å². The molecule has 3 rings (SSSR count). The van der Waals surface area contributed by atoms with Gasteiger partial charge >= 0.3 is 12.0 Å². The number of hydrogen-bond acceptors (Lipinski definition) is 6. The van der Waals surface area contributed by atoms with Gasteiger partial charge in [0.2, 0.25) is 0 Å². The van der Waals surface area contributed by atoms with Crippen molar-refractivity contribution in [3.05, 3.63) is 23.8 Å². The molecule has 1 aromatic carbocycles. The Morgan fingerprint density at radius 1 is 1.11 bits per heavy atom. The first-order chi connectivity index (χ1) is 13.5. The summed E-state index contributed by atoms with van der Waals surface area (Å²) < 4.78 is 16.5. The molecule has 0 bridgehead atoms. The average Bonchev–Trinajstić information content (AvgIpc) is 3.21. The first-order valence-corrected chi connectivity index (χ1v) is 9.70. The molecular weight excluding hydrogens is 364 g/mol. The van der Waals surface area contributed by atoms with Crippen molar-refractivity contribution in [2.75, 3.05) is 26.4 Å². The molecule has 0 unspecified atom stereocenters. The summed E-state index contributed by atoms with van der Waals surface area (Å²) in [5.74, 6) is 0.171. The van der Waals surface area contributed by atoms with Gasteiger partial charge in [0, 0.05) is 6.54 Å². The summed E-state index contributed by atoms with van der Waals surface area (Å²) in [6.07, 6.45) is 3.84. The zero-order valence-corrected chi connectivity index (χ0v) is 16.0. The van der Waals surface area contributed by atoms with Crippen LogP contribution in [0.15, 0.2) is 18.2 Å². The third-order valence-electron chi connectivity index (χ3n) is 5.07. The van der Waals surface area contributed by atoms with Crippen molar-refractivity contribution in [3.8, 4) is 11.5 Å². The van der Waals surface area contributed by atoms with Crippen molar-refractivity contribution in [2.24, 2.45) is 0 Å². The molecule has 0 saturated heterocycles. The standard InChI is InChI=1S/C20H26N2O6/c1-2-9-21-19(25)22-17(23)13-28-18(24)20(7-3-4-8-20)14-5-6-15-16(12-14)27-11-10-26-15/h5-6,12H,2-4,7-11,13H2,1H3,(H2,21,22,23,25). The van der Waals surface area contributed by atoms with Crippen LogP contribution in [0.4, 0.5) is 4.79 Å². The van der Waals surface area contributed by atoms with Gasteiger partial charge in [0.15, 0.2) is 18.1 Å². The lowest BCUT2D eigenvalue weighted by Crippen LogP contribution is -2.43. The SMILES string of the molecule is CCCNC(=O)NC(=O)COC(=O)C1(c2ccc3c(c2)OCCO3)CCCC1. The fourth-order valence-corrected chi connectivity index (χ4v) is 3.64. The smallest absolute Gasteiger partial charge is 0.321 e. The zero-order chi connectivity index (χ0) is 20.0. The number of ether oxygens (including phenoxy) is 3. The number of fused-ring (bicyclic) bond motifs is 1. The lowest BCUT2D eigenvalue weighted by molar-refractivity contribution is -0.154. The number of amides is 3. The lowest BCUT2D eigenvalue weighted by atomic mass is 9.78. The molecule has 1 aliphatic carbocycles. The number of esters is 1. The van der Waals surface area contributed by atoms with E-state index < -0.39 is 29.9 Å². The summed E-state index contributed by atoms with van der Waals surface area (Å²) in [6, 6.07) is 4.91. The highest BCUT2D eigenvalue weighted by atomic mass is 16.6. The molecular formula is C20H26N2O6. The Hall–Kier alpha value is -2.77. The molecule has 1 aliphatic heterocycles. The molecule has 1 fully saturated rings. The second-order valence-electron chi connectivity index (χ2n) is 7.03. The molecule has 1 saturated carbocycles. The number of carbonyl (C=O) groups is 3. The van der Waals surface area contributed by atoms with Crippen molar-refractivity contribution in [1.82, 2.24) is 10.6 Å². The molecule has 8 nitrogen and oxygen atoms in total. The topological polar surface area (TPSA) is 103 Å². The van der Waals surface area contributed by atoms with E-state index in [0.29, 0.717) is 44.1 Å². The Kier molecular flexibility index (Phi) is 6.38. The van der Waals surface area contributed by atoms with E-state index >= 15 is 0 Å². The Morgan fingerprint density at radius 3 is 2.54 bits per heavy atom. The normalized spacial score (nSPS) is 16.9. The summed E-state index contributed by atoms with van der Waals surface area (Å²) in [6.45, 7) is 2.84. The van der Waals surface area contributed by atoms with Crippen LogP contribution in [0.5, 0.6) is 11.5 Å². The number of urea groups is 1. The van der Waals surface area contributed by atoms with E-state index in [-0.39, 0.29) is 0 Å². The fraction of sp³-hybridized carbons (Fsp3) is 0.550. The Morgan fingerprint density at radius 2 is 1.82 bits per heavy atom. The van der Waals surface area contributed by atoms with E-state index in [1.807, 2.05) is 25.1 Å². The van der Waals surface area contributed by atoms with Crippen molar-refractivity contribution in [2.45, 2.75) is 44.4 Å². The van der Waals surface area contributed by atoms with Crippen LogP contribution in [0.1, 0.15) is 44.6 Å². The maximum Gasteiger partial charge on any atom is 0.321 e. The van der Waals surface area contributed by atoms with Crippen LogP contribution in [-0.2, 0) is 19.7 Å². The lowest BCUT2D eigenvalue weighted by Gasteiger charge is -2.28. The Bertz CT molecular complexity index is 742. The van der Waals surface area contributed by atoms with Gasteiger partial charge in [-0.25, -0.2) is 4.79 Å². The quantitative estimate of drug-likeness (QED) is 0.721. The van der Waals surface area contributed by atoms with Gasteiger partial charge in [-0.3, -0.25) is 14.9 Å². The van der Waals surface area contributed by atoms with E-state index in [4.69, 9.17) is 14.2 Å². The minimum atomic E-state index is -0.805. The highest BCUT2D eigenvalue weighted by molar-refractivity contribution is 5.96. The largest absolute Gasteiger partial charge is 0.486 e. The number of hydrogen-bond donors (Lipinski definition) is 2. The van der Waals surface area contributed by atoms with Gasteiger partial charge in [-0.2, -0.15) is 0 Å². The average molecular weight is 390 g/mol. The zero-order valence-electron chi connectivity index (χ0n) is 16.0. The van der Waals surface area contributed by atoms with Crippen LogP contribution < -0.4 is 20.1 Å². The van der Waals surface area contributed by atoms with Crippen LogP contribution in [0.2, 0.25) is 0 Å². The number of carbonyl (C=O) groups excluding carboxylic acids is 3. The first-order valence-electron chi connectivity index (χ1n) is 9.70. The maximum absolute atomic E-state index is 12.9. The van der Waals surface area contributed by atoms with Crippen LogP contribution in [0.3, 0.4) is 0 Å². The Balaban J connectivity index is 1.65. The fourth-order valence-electron chi connectivity index (χ4n) is 3.64. The minimum Gasteiger partial charge on any atom is -0.486 e. The van der Waals surface area contributed by atoms with E-state index in [1.54, 1.807) is 0 Å². The predicted molar refractivity (Wildman–Crippen MR) is 100 cm³/mol. The summed E-state index contributed by atoms with van der Waals surface area (Å²) in [5, 5.41) is 4.68. The monoisotopic (exact) mass is 390 g/mol. The molecule has 8 heteroatoms.